The first-order valence-electron chi connectivity index (χ1n) is 5.55. The van der Waals surface area contributed by atoms with Crippen LogP contribution in [0.2, 0.25) is 5.02 Å². The lowest BCUT2D eigenvalue weighted by atomic mass is 9.93. The van der Waals surface area contributed by atoms with Gasteiger partial charge in [0.2, 0.25) is 0 Å². The minimum absolute atomic E-state index is 0.502. The molecular formula is C13H14BrClN2O. The van der Waals surface area contributed by atoms with E-state index in [2.05, 4.69) is 21.0 Å². The summed E-state index contributed by atoms with van der Waals surface area (Å²) >= 11 is 9.26. The lowest BCUT2D eigenvalue weighted by Crippen LogP contribution is -2.27. The monoisotopic (exact) mass is 328 g/mol. The van der Waals surface area contributed by atoms with Gasteiger partial charge in [0.1, 0.15) is 5.60 Å². The van der Waals surface area contributed by atoms with Gasteiger partial charge in [-0.25, -0.2) is 0 Å². The molecule has 1 heterocycles. The molecule has 3 nitrogen and oxygen atoms in total. The first kappa shape index (κ1) is 13.6. The van der Waals surface area contributed by atoms with Crippen molar-refractivity contribution in [1.82, 2.24) is 9.78 Å². The molecule has 0 aliphatic heterocycles. The maximum atomic E-state index is 10.6. The van der Waals surface area contributed by atoms with Crippen LogP contribution in [0.1, 0.15) is 18.2 Å². The van der Waals surface area contributed by atoms with Crippen molar-refractivity contribution < 1.29 is 5.11 Å². The molecular weight excluding hydrogens is 316 g/mol. The normalized spacial score (nSPS) is 14.5. The number of aryl methyl sites for hydroxylation is 1. The molecule has 2 aromatic rings. The topological polar surface area (TPSA) is 38.0 Å². The molecule has 18 heavy (non-hydrogen) atoms. The third-order valence-corrected chi connectivity index (χ3v) is 3.70. The van der Waals surface area contributed by atoms with E-state index in [1.54, 1.807) is 17.8 Å². The molecule has 0 radical (unpaired) electrons. The van der Waals surface area contributed by atoms with Crippen LogP contribution in [-0.2, 0) is 19.1 Å². The fraction of sp³-hybridized carbons (Fsp3) is 0.308. The number of aliphatic hydroxyl groups is 1. The minimum Gasteiger partial charge on any atom is -0.383 e. The molecule has 0 spiro atoms. The highest BCUT2D eigenvalue weighted by molar-refractivity contribution is 9.10. The molecule has 1 aromatic heterocycles. The Bertz CT molecular complexity index is 529. The number of hydrogen-bond donors (Lipinski definition) is 1. The van der Waals surface area contributed by atoms with E-state index in [1.165, 1.54) is 0 Å². The Morgan fingerprint density at radius 1 is 1.39 bits per heavy atom. The Balaban J connectivity index is 2.29. The highest BCUT2D eigenvalue weighted by atomic mass is 79.9. The Kier molecular flexibility index (Phi) is 3.80. The summed E-state index contributed by atoms with van der Waals surface area (Å²) in [6.45, 7) is 1.78. The number of rotatable bonds is 3. The Morgan fingerprint density at radius 3 is 2.50 bits per heavy atom. The zero-order valence-corrected chi connectivity index (χ0v) is 12.5. The van der Waals surface area contributed by atoms with Gasteiger partial charge in [0.15, 0.2) is 0 Å². The quantitative estimate of drug-likeness (QED) is 0.938. The third-order valence-electron chi connectivity index (χ3n) is 2.87. The van der Waals surface area contributed by atoms with E-state index < -0.39 is 5.60 Å². The van der Waals surface area contributed by atoms with Crippen molar-refractivity contribution in [2.24, 2.45) is 7.05 Å². The minimum atomic E-state index is -0.988. The molecule has 1 unspecified atom stereocenters. The van der Waals surface area contributed by atoms with Gasteiger partial charge in [-0.3, -0.25) is 4.68 Å². The largest absolute Gasteiger partial charge is 0.383 e. The fourth-order valence-electron chi connectivity index (χ4n) is 2.10. The molecule has 0 saturated carbocycles. The summed E-state index contributed by atoms with van der Waals surface area (Å²) in [6.07, 6.45) is 2.19. The molecule has 96 valence electrons. The van der Waals surface area contributed by atoms with Crippen molar-refractivity contribution in [3.05, 3.63) is 51.2 Å². The zero-order valence-electron chi connectivity index (χ0n) is 10.2. The van der Waals surface area contributed by atoms with Gasteiger partial charge in [-0.15, -0.1) is 0 Å². The van der Waals surface area contributed by atoms with Gasteiger partial charge < -0.3 is 5.11 Å². The van der Waals surface area contributed by atoms with Crippen LogP contribution < -0.4 is 0 Å². The smallest absolute Gasteiger partial charge is 0.109 e. The summed E-state index contributed by atoms with van der Waals surface area (Å²) < 4.78 is 2.49. The van der Waals surface area contributed by atoms with Crippen LogP contribution in [0.3, 0.4) is 0 Å². The van der Waals surface area contributed by atoms with Crippen molar-refractivity contribution in [2.75, 3.05) is 0 Å². The van der Waals surface area contributed by atoms with Gasteiger partial charge in [0.25, 0.3) is 0 Å². The molecule has 0 saturated heterocycles. The summed E-state index contributed by atoms with van der Waals surface area (Å²) in [5, 5.41) is 15.5. The summed E-state index contributed by atoms with van der Waals surface area (Å²) in [5.74, 6) is 0. The van der Waals surface area contributed by atoms with Gasteiger partial charge in [0, 0.05) is 18.5 Å². The first-order valence-corrected chi connectivity index (χ1v) is 6.72. The van der Waals surface area contributed by atoms with Crippen molar-refractivity contribution in [2.45, 2.75) is 18.9 Å². The van der Waals surface area contributed by atoms with Crippen LogP contribution in [0.5, 0.6) is 0 Å². The van der Waals surface area contributed by atoms with Crippen LogP contribution in [0.25, 0.3) is 0 Å². The van der Waals surface area contributed by atoms with Gasteiger partial charge in [-0.05, 0) is 40.5 Å². The number of halogens is 2. The summed E-state index contributed by atoms with van der Waals surface area (Å²) in [4.78, 5) is 0. The number of benzene rings is 1. The lowest BCUT2D eigenvalue weighted by molar-refractivity contribution is 0.0482. The van der Waals surface area contributed by atoms with Gasteiger partial charge in [0.05, 0.1) is 16.4 Å². The van der Waals surface area contributed by atoms with E-state index in [1.807, 2.05) is 31.3 Å². The van der Waals surface area contributed by atoms with E-state index in [9.17, 15) is 5.11 Å². The maximum absolute atomic E-state index is 10.6. The Morgan fingerprint density at radius 2 is 2.00 bits per heavy atom. The lowest BCUT2D eigenvalue weighted by Gasteiger charge is -2.24. The molecule has 1 atom stereocenters. The van der Waals surface area contributed by atoms with Gasteiger partial charge >= 0.3 is 0 Å². The predicted octanol–water partition coefficient (Wildman–Crippen LogP) is 3.29. The molecule has 0 fully saturated rings. The second-order valence-electron chi connectivity index (χ2n) is 4.54. The SMILES string of the molecule is Cn1ncc(Br)c1C(C)(O)Cc1ccc(Cl)cc1. The molecule has 1 aromatic carbocycles. The molecule has 0 bridgehead atoms. The average molecular weight is 330 g/mol. The van der Waals surface area contributed by atoms with E-state index in [0.717, 1.165) is 15.7 Å². The van der Waals surface area contributed by atoms with E-state index in [4.69, 9.17) is 11.6 Å². The van der Waals surface area contributed by atoms with Crippen LogP contribution in [0.15, 0.2) is 34.9 Å². The first-order chi connectivity index (χ1) is 8.40. The van der Waals surface area contributed by atoms with Crippen LogP contribution in [0.4, 0.5) is 0 Å². The Labute approximate surface area is 120 Å². The fourth-order valence-corrected chi connectivity index (χ4v) is 3.00. The van der Waals surface area contributed by atoms with E-state index in [-0.39, 0.29) is 0 Å². The molecule has 0 amide bonds. The van der Waals surface area contributed by atoms with E-state index in [0.29, 0.717) is 11.4 Å². The standard InChI is InChI=1S/C13H14BrClN2O/c1-13(18,12-11(14)8-16-17(12)2)7-9-3-5-10(15)6-4-9/h3-6,8,18H,7H2,1-2H3. The molecule has 5 heteroatoms. The van der Waals surface area contributed by atoms with Crippen molar-refractivity contribution >= 4 is 27.5 Å². The molecule has 0 aliphatic rings. The van der Waals surface area contributed by atoms with Gasteiger partial charge in [-0.1, -0.05) is 23.7 Å². The van der Waals surface area contributed by atoms with E-state index >= 15 is 0 Å². The number of hydrogen-bond acceptors (Lipinski definition) is 2. The maximum Gasteiger partial charge on any atom is 0.109 e. The zero-order chi connectivity index (χ0) is 13.3. The Hall–Kier alpha value is -0.840. The highest BCUT2D eigenvalue weighted by Gasteiger charge is 2.29. The van der Waals surface area contributed by atoms with Crippen LogP contribution in [-0.4, -0.2) is 14.9 Å². The predicted molar refractivity (Wildman–Crippen MR) is 75.6 cm³/mol. The van der Waals surface area contributed by atoms with Crippen molar-refractivity contribution in [3.63, 3.8) is 0 Å². The second kappa shape index (κ2) is 5.03. The van der Waals surface area contributed by atoms with Crippen molar-refractivity contribution in [1.29, 1.82) is 0 Å². The molecule has 1 N–H and O–H groups in total. The highest BCUT2D eigenvalue weighted by Crippen LogP contribution is 2.30. The number of aromatic nitrogens is 2. The summed E-state index contributed by atoms with van der Waals surface area (Å²) in [7, 11) is 1.82. The number of nitrogens with zero attached hydrogens (tertiary/aromatic N) is 2. The van der Waals surface area contributed by atoms with Crippen molar-refractivity contribution in [3.8, 4) is 0 Å². The van der Waals surface area contributed by atoms with Crippen LogP contribution >= 0.6 is 27.5 Å². The molecule has 2 rings (SSSR count). The summed E-state index contributed by atoms with van der Waals surface area (Å²) in [6, 6.07) is 7.48. The van der Waals surface area contributed by atoms with Gasteiger partial charge in [-0.2, -0.15) is 5.10 Å². The molecule has 0 aliphatic carbocycles. The third kappa shape index (κ3) is 2.76. The average Bonchev–Trinajstić information content (AvgIpc) is 2.62. The summed E-state index contributed by atoms with van der Waals surface area (Å²) in [5.41, 5.74) is 0.799. The van der Waals surface area contributed by atoms with Crippen LogP contribution in [0, 0.1) is 0 Å². The second-order valence-corrected chi connectivity index (χ2v) is 5.83.